The van der Waals surface area contributed by atoms with Crippen LogP contribution in [0.2, 0.25) is 5.02 Å². The lowest BCUT2D eigenvalue weighted by Gasteiger charge is -2.11. The monoisotopic (exact) mass is 410 g/mol. The molecule has 0 saturated carbocycles. The van der Waals surface area contributed by atoms with E-state index in [1.54, 1.807) is 6.07 Å². The van der Waals surface area contributed by atoms with Gasteiger partial charge in [-0.25, -0.2) is 0 Å². The molecule has 1 amide bonds. The summed E-state index contributed by atoms with van der Waals surface area (Å²) in [6, 6.07) is 8.77. The molecule has 5 nitrogen and oxygen atoms in total. The maximum Gasteiger partial charge on any atom is 0.416 e. The van der Waals surface area contributed by atoms with Crippen LogP contribution in [0.4, 0.5) is 18.9 Å². The molecule has 0 aliphatic heterocycles. The highest BCUT2D eigenvalue weighted by molar-refractivity contribution is 6.32. The second-order valence-corrected chi connectivity index (χ2v) is 5.85. The number of nitriles is 1. The zero-order valence-electron chi connectivity index (χ0n) is 14.7. The minimum atomic E-state index is -4.55. The fraction of sp³-hybridized carbons (Fsp3) is 0.158. The van der Waals surface area contributed by atoms with Crippen LogP contribution in [0.25, 0.3) is 6.08 Å². The van der Waals surface area contributed by atoms with Gasteiger partial charge in [-0.2, -0.15) is 18.4 Å². The highest BCUT2D eigenvalue weighted by atomic mass is 35.5. The van der Waals surface area contributed by atoms with Crippen molar-refractivity contribution in [2.75, 3.05) is 19.5 Å². The van der Waals surface area contributed by atoms with E-state index >= 15 is 0 Å². The summed E-state index contributed by atoms with van der Waals surface area (Å²) in [5, 5.41) is 11.7. The van der Waals surface area contributed by atoms with E-state index in [0.29, 0.717) is 5.56 Å². The van der Waals surface area contributed by atoms with Gasteiger partial charge in [0.1, 0.15) is 11.6 Å². The fourth-order valence-corrected chi connectivity index (χ4v) is 2.60. The highest BCUT2D eigenvalue weighted by Crippen LogP contribution is 2.36. The van der Waals surface area contributed by atoms with Crippen molar-refractivity contribution >= 4 is 29.3 Å². The predicted molar refractivity (Wildman–Crippen MR) is 98.2 cm³/mol. The van der Waals surface area contributed by atoms with Crippen molar-refractivity contribution in [2.24, 2.45) is 0 Å². The number of ether oxygens (including phenoxy) is 2. The molecule has 0 saturated heterocycles. The molecule has 2 aromatic carbocycles. The van der Waals surface area contributed by atoms with Crippen LogP contribution in [0.15, 0.2) is 42.0 Å². The molecule has 0 fully saturated rings. The average molecular weight is 411 g/mol. The molecular formula is C19H14ClF3N2O3. The van der Waals surface area contributed by atoms with Gasteiger partial charge >= 0.3 is 6.18 Å². The molecule has 146 valence electrons. The largest absolute Gasteiger partial charge is 0.493 e. The Hall–Kier alpha value is -3.18. The molecular weight excluding hydrogens is 397 g/mol. The van der Waals surface area contributed by atoms with E-state index in [4.69, 9.17) is 21.1 Å². The smallest absolute Gasteiger partial charge is 0.416 e. The number of anilines is 1. The first-order chi connectivity index (χ1) is 13.2. The zero-order chi connectivity index (χ0) is 20.9. The van der Waals surface area contributed by atoms with Crippen molar-refractivity contribution < 1.29 is 27.4 Å². The number of carbonyl (C=O) groups excluding carboxylic acids is 1. The van der Waals surface area contributed by atoms with Gasteiger partial charge < -0.3 is 14.8 Å². The SMILES string of the molecule is COc1cc(/C=C(/C#N)C(=O)Nc2cccc(C(F)(F)F)c2)cc(Cl)c1OC. The summed E-state index contributed by atoms with van der Waals surface area (Å²) in [6.45, 7) is 0. The number of halogens is 4. The molecule has 0 aromatic heterocycles. The molecule has 0 aliphatic carbocycles. The minimum absolute atomic E-state index is 0.0914. The van der Waals surface area contributed by atoms with Gasteiger partial charge in [0.2, 0.25) is 0 Å². The van der Waals surface area contributed by atoms with Crippen LogP contribution in [0.1, 0.15) is 11.1 Å². The van der Waals surface area contributed by atoms with Crippen molar-refractivity contribution in [3.63, 3.8) is 0 Å². The zero-order valence-corrected chi connectivity index (χ0v) is 15.5. The lowest BCUT2D eigenvalue weighted by atomic mass is 10.1. The topological polar surface area (TPSA) is 71.3 Å². The number of nitrogens with one attached hydrogen (secondary N) is 1. The van der Waals surface area contributed by atoms with Crippen LogP contribution in [0.5, 0.6) is 11.5 Å². The van der Waals surface area contributed by atoms with Crippen molar-refractivity contribution in [3.8, 4) is 17.6 Å². The molecule has 0 atom stereocenters. The summed E-state index contributed by atoms with van der Waals surface area (Å²) in [6.07, 6.45) is -3.32. The molecule has 0 aliphatic rings. The standard InChI is InChI=1S/C19H14ClF3N2O3/c1-27-16-8-11(7-15(20)17(16)28-2)6-12(10-24)18(26)25-14-5-3-4-13(9-14)19(21,22)23/h3-9H,1-2H3,(H,25,26)/b12-6-. The maximum atomic E-state index is 12.8. The number of rotatable bonds is 5. The number of nitrogens with zero attached hydrogens (tertiary/aromatic N) is 1. The number of methoxy groups -OCH3 is 2. The third kappa shape index (κ3) is 4.96. The average Bonchev–Trinajstić information content (AvgIpc) is 2.65. The number of carbonyl (C=O) groups is 1. The molecule has 0 heterocycles. The van der Waals surface area contributed by atoms with Crippen LogP contribution < -0.4 is 14.8 Å². The van der Waals surface area contributed by atoms with Crippen molar-refractivity contribution in [3.05, 3.63) is 58.1 Å². The first-order valence-corrected chi connectivity index (χ1v) is 8.09. The molecule has 0 spiro atoms. The first kappa shape index (κ1) is 21.1. The van der Waals surface area contributed by atoms with Crippen molar-refractivity contribution in [2.45, 2.75) is 6.18 Å². The van der Waals surface area contributed by atoms with Gasteiger partial charge in [-0.15, -0.1) is 0 Å². The third-order valence-electron chi connectivity index (χ3n) is 3.58. The Morgan fingerprint density at radius 1 is 1.21 bits per heavy atom. The molecule has 9 heteroatoms. The second kappa shape index (κ2) is 8.67. The predicted octanol–water partition coefficient (Wildman–Crippen LogP) is 4.92. The molecule has 0 unspecified atom stereocenters. The summed E-state index contributed by atoms with van der Waals surface area (Å²) in [4.78, 5) is 12.3. The summed E-state index contributed by atoms with van der Waals surface area (Å²) in [5.74, 6) is -0.294. The Bertz CT molecular complexity index is 966. The number of amides is 1. The summed E-state index contributed by atoms with van der Waals surface area (Å²) < 4.78 is 48.6. The minimum Gasteiger partial charge on any atom is -0.493 e. The maximum absolute atomic E-state index is 12.8. The van der Waals surface area contributed by atoms with Crippen molar-refractivity contribution in [1.29, 1.82) is 5.26 Å². The fourth-order valence-electron chi connectivity index (χ4n) is 2.31. The van der Waals surface area contributed by atoms with E-state index in [2.05, 4.69) is 5.32 Å². The third-order valence-corrected chi connectivity index (χ3v) is 3.86. The number of alkyl halides is 3. The molecule has 28 heavy (non-hydrogen) atoms. The normalized spacial score (nSPS) is 11.5. The van der Waals surface area contributed by atoms with Crippen LogP contribution in [0, 0.1) is 11.3 Å². The summed E-state index contributed by atoms with van der Waals surface area (Å²) >= 11 is 6.09. The summed E-state index contributed by atoms with van der Waals surface area (Å²) in [7, 11) is 2.80. The van der Waals surface area contributed by atoms with Gasteiger partial charge in [0.25, 0.3) is 5.91 Å². The lowest BCUT2D eigenvalue weighted by Crippen LogP contribution is -2.14. The lowest BCUT2D eigenvalue weighted by molar-refractivity contribution is -0.137. The van der Waals surface area contributed by atoms with Gasteiger partial charge in [0.15, 0.2) is 11.5 Å². The Labute approximate surface area is 163 Å². The molecule has 0 bridgehead atoms. The van der Waals surface area contributed by atoms with E-state index in [0.717, 1.165) is 18.2 Å². The number of hydrogen-bond donors (Lipinski definition) is 1. The number of hydrogen-bond acceptors (Lipinski definition) is 4. The Balaban J connectivity index is 2.32. The second-order valence-electron chi connectivity index (χ2n) is 5.44. The molecule has 0 radical (unpaired) electrons. The Morgan fingerprint density at radius 3 is 2.50 bits per heavy atom. The van der Waals surface area contributed by atoms with Gasteiger partial charge in [-0.1, -0.05) is 17.7 Å². The van der Waals surface area contributed by atoms with Crippen LogP contribution in [-0.4, -0.2) is 20.1 Å². The van der Waals surface area contributed by atoms with E-state index in [-0.39, 0.29) is 27.8 Å². The van der Waals surface area contributed by atoms with Gasteiger partial charge in [-0.05, 0) is 42.0 Å². The quantitative estimate of drug-likeness (QED) is 0.561. The van der Waals surface area contributed by atoms with E-state index in [1.165, 1.54) is 38.5 Å². The first-order valence-electron chi connectivity index (χ1n) is 7.71. The molecule has 2 rings (SSSR count). The van der Waals surface area contributed by atoms with Crippen LogP contribution in [-0.2, 0) is 11.0 Å². The Morgan fingerprint density at radius 2 is 1.93 bits per heavy atom. The highest BCUT2D eigenvalue weighted by Gasteiger charge is 2.30. The van der Waals surface area contributed by atoms with E-state index in [9.17, 15) is 23.2 Å². The van der Waals surface area contributed by atoms with E-state index in [1.807, 2.05) is 0 Å². The van der Waals surface area contributed by atoms with Gasteiger partial charge in [0, 0.05) is 5.69 Å². The van der Waals surface area contributed by atoms with Crippen LogP contribution in [0.3, 0.4) is 0 Å². The summed E-state index contributed by atoms with van der Waals surface area (Å²) in [5.41, 5.74) is -0.968. The number of benzene rings is 2. The van der Waals surface area contributed by atoms with Gasteiger partial charge in [0.05, 0.1) is 24.8 Å². The van der Waals surface area contributed by atoms with Crippen molar-refractivity contribution in [1.82, 2.24) is 0 Å². The van der Waals surface area contributed by atoms with Crippen LogP contribution >= 0.6 is 11.6 Å². The Kier molecular flexibility index (Phi) is 6.54. The molecule has 2 aromatic rings. The molecule has 1 N–H and O–H groups in total. The van der Waals surface area contributed by atoms with Gasteiger partial charge in [-0.3, -0.25) is 4.79 Å². The van der Waals surface area contributed by atoms with E-state index < -0.39 is 17.6 Å².